The first-order valence-corrected chi connectivity index (χ1v) is 7.14. The van der Waals surface area contributed by atoms with Crippen molar-refractivity contribution >= 4 is 23.2 Å². The van der Waals surface area contributed by atoms with Gasteiger partial charge in [-0.2, -0.15) is 0 Å². The number of nitrogens with zero attached hydrogens (tertiary/aromatic N) is 3. The molecule has 0 aliphatic carbocycles. The number of nitro groups is 1. The molecule has 1 fully saturated rings. The fraction of sp³-hybridized carbons (Fsp3) is 0.500. The van der Waals surface area contributed by atoms with Gasteiger partial charge in [-0.3, -0.25) is 19.8 Å². The molecule has 1 aliphatic rings. The Labute approximate surface area is 128 Å². The van der Waals surface area contributed by atoms with Crippen LogP contribution >= 0.6 is 11.6 Å². The van der Waals surface area contributed by atoms with Crippen molar-refractivity contribution in [1.82, 2.24) is 9.80 Å². The lowest BCUT2D eigenvalue weighted by Crippen LogP contribution is -2.56. The SMILES string of the molecule is CC1CN(C(=O)c2ccc([N+](=O)[O-])c(Cl)c2)CC(C)N1C. The van der Waals surface area contributed by atoms with Crippen LogP contribution in [-0.4, -0.2) is 52.9 Å². The minimum Gasteiger partial charge on any atom is -0.336 e. The smallest absolute Gasteiger partial charge is 0.287 e. The molecule has 6 nitrogen and oxygen atoms in total. The summed E-state index contributed by atoms with van der Waals surface area (Å²) in [6, 6.07) is 4.64. The van der Waals surface area contributed by atoms with Gasteiger partial charge < -0.3 is 4.90 Å². The van der Waals surface area contributed by atoms with E-state index in [1.807, 2.05) is 7.05 Å². The van der Waals surface area contributed by atoms with Crippen molar-refractivity contribution < 1.29 is 9.72 Å². The van der Waals surface area contributed by atoms with Crippen LogP contribution in [0.5, 0.6) is 0 Å². The van der Waals surface area contributed by atoms with Gasteiger partial charge in [0.25, 0.3) is 11.6 Å². The highest BCUT2D eigenvalue weighted by Crippen LogP contribution is 2.26. The third kappa shape index (κ3) is 3.16. The zero-order valence-electron chi connectivity index (χ0n) is 12.2. The largest absolute Gasteiger partial charge is 0.336 e. The van der Waals surface area contributed by atoms with Gasteiger partial charge in [-0.1, -0.05) is 11.6 Å². The lowest BCUT2D eigenvalue weighted by Gasteiger charge is -2.42. The Morgan fingerprint density at radius 3 is 2.38 bits per heavy atom. The number of carbonyl (C=O) groups is 1. The van der Waals surface area contributed by atoms with Crippen LogP contribution in [0, 0.1) is 10.1 Å². The second kappa shape index (κ2) is 5.99. The molecular weight excluding hydrogens is 294 g/mol. The van der Waals surface area contributed by atoms with E-state index in [-0.39, 0.29) is 28.7 Å². The summed E-state index contributed by atoms with van der Waals surface area (Å²) in [6.45, 7) is 5.40. The maximum absolute atomic E-state index is 12.5. The highest BCUT2D eigenvalue weighted by molar-refractivity contribution is 6.33. The number of rotatable bonds is 2. The van der Waals surface area contributed by atoms with Gasteiger partial charge in [0.05, 0.1) is 4.92 Å². The van der Waals surface area contributed by atoms with Crippen molar-refractivity contribution in [2.45, 2.75) is 25.9 Å². The molecule has 0 N–H and O–H groups in total. The maximum Gasteiger partial charge on any atom is 0.287 e. The van der Waals surface area contributed by atoms with Gasteiger partial charge in [-0.25, -0.2) is 0 Å². The molecule has 1 aromatic carbocycles. The predicted molar refractivity (Wildman–Crippen MR) is 80.7 cm³/mol. The number of carbonyl (C=O) groups excluding carboxylic acids is 1. The topological polar surface area (TPSA) is 66.7 Å². The average Bonchev–Trinajstić information content (AvgIpc) is 2.42. The second-order valence-corrected chi connectivity index (χ2v) is 5.90. The normalized spacial score (nSPS) is 23.1. The standard InChI is InChI=1S/C14H18ClN3O3/c1-9-7-17(8-10(2)16(9)3)14(19)11-4-5-13(18(20)21)12(15)6-11/h4-6,9-10H,7-8H2,1-3H3. The van der Waals surface area contributed by atoms with E-state index in [0.717, 1.165) is 0 Å². The average molecular weight is 312 g/mol. The van der Waals surface area contributed by atoms with Crippen LogP contribution in [0.4, 0.5) is 5.69 Å². The van der Waals surface area contributed by atoms with Gasteiger partial charge in [0.15, 0.2) is 0 Å². The summed E-state index contributed by atoms with van der Waals surface area (Å²) in [5.74, 6) is -0.140. The van der Waals surface area contributed by atoms with E-state index in [9.17, 15) is 14.9 Å². The number of nitro benzene ring substituents is 1. The summed E-state index contributed by atoms with van der Waals surface area (Å²) in [5.41, 5.74) is 0.197. The third-order valence-electron chi connectivity index (χ3n) is 4.04. The molecule has 114 valence electrons. The van der Waals surface area contributed by atoms with Crippen LogP contribution in [0.15, 0.2) is 18.2 Å². The Hall–Kier alpha value is -1.66. The summed E-state index contributed by atoms with van der Waals surface area (Å²) in [5, 5.41) is 10.7. The molecule has 1 saturated heterocycles. The molecule has 1 amide bonds. The van der Waals surface area contributed by atoms with Crippen LogP contribution in [0.2, 0.25) is 5.02 Å². The Balaban J connectivity index is 2.21. The predicted octanol–water partition coefficient (Wildman–Crippen LogP) is 2.41. The Morgan fingerprint density at radius 1 is 1.33 bits per heavy atom. The Morgan fingerprint density at radius 2 is 1.90 bits per heavy atom. The number of piperazine rings is 1. The van der Waals surface area contributed by atoms with E-state index in [1.54, 1.807) is 4.90 Å². The van der Waals surface area contributed by atoms with Crippen LogP contribution in [-0.2, 0) is 0 Å². The van der Waals surface area contributed by atoms with E-state index in [4.69, 9.17) is 11.6 Å². The van der Waals surface area contributed by atoms with Gasteiger partial charge in [0.2, 0.25) is 0 Å². The van der Waals surface area contributed by atoms with Crippen LogP contribution in [0.25, 0.3) is 0 Å². The molecule has 7 heteroatoms. The van der Waals surface area contributed by atoms with Crippen LogP contribution in [0.1, 0.15) is 24.2 Å². The molecule has 0 bridgehead atoms. The first-order valence-electron chi connectivity index (χ1n) is 6.76. The summed E-state index contributed by atoms with van der Waals surface area (Å²) >= 11 is 5.87. The fourth-order valence-electron chi connectivity index (χ4n) is 2.54. The Kier molecular flexibility index (Phi) is 4.49. The molecule has 2 unspecified atom stereocenters. The van der Waals surface area contributed by atoms with Crippen LogP contribution in [0.3, 0.4) is 0 Å². The molecule has 2 atom stereocenters. The van der Waals surface area contributed by atoms with E-state index in [2.05, 4.69) is 18.7 Å². The molecular formula is C14H18ClN3O3. The van der Waals surface area contributed by atoms with Crippen molar-refractivity contribution in [1.29, 1.82) is 0 Å². The number of hydrogen-bond acceptors (Lipinski definition) is 4. The third-order valence-corrected chi connectivity index (χ3v) is 4.34. The van der Waals surface area contributed by atoms with Gasteiger partial charge in [-0.15, -0.1) is 0 Å². The van der Waals surface area contributed by atoms with Crippen molar-refractivity contribution in [2.75, 3.05) is 20.1 Å². The van der Waals surface area contributed by atoms with E-state index >= 15 is 0 Å². The maximum atomic E-state index is 12.5. The molecule has 0 radical (unpaired) electrons. The van der Waals surface area contributed by atoms with Crippen LogP contribution < -0.4 is 0 Å². The number of likely N-dealkylation sites (N-methyl/N-ethyl adjacent to an activating group) is 1. The first kappa shape index (κ1) is 15.7. The highest BCUT2D eigenvalue weighted by Gasteiger charge is 2.30. The molecule has 21 heavy (non-hydrogen) atoms. The minimum atomic E-state index is -0.559. The van der Waals surface area contributed by atoms with Crippen molar-refractivity contribution in [3.63, 3.8) is 0 Å². The van der Waals surface area contributed by atoms with Crippen molar-refractivity contribution in [3.8, 4) is 0 Å². The summed E-state index contributed by atoms with van der Waals surface area (Å²) < 4.78 is 0. The molecule has 1 heterocycles. The van der Waals surface area contributed by atoms with Gasteiger partial charge in [0, 0.05) is 36.8 Å². The highest BCUT2D eigenvalue weighted by atomic mass is 35.5. The van der Waals surface area contributed by atoms with Crippen molar-refractivity contribution in [3.05, 3.63) is 38.9 Å². The summed E-state index contributed by atoms with van der Waals surface area (Å²) in [4.78, 5) is 26.7. The monoisotopic (exact) mass is 311 g/mol. The second-order valence-electron chi connectivity index (χ2n) is 5.50. The van der Waals surface area contributed by atoms with E-state index < -0.39 is 4.92 Å². The molecule has 0 spiro atoms. The molecule has 1 aliphatic heterocycles. The molecule has 0 aromatic heterocycles. The molecule has 1 aromatic rings. The quantitative estimate of drug-likeness (QED) is 0.621. The van der Waals surface area contributed by atoms with Gasteiger partial charge >= 0.3 is 0 Å². The zero-order chi connectivity index (χ0) is 15.7. The number of benzene rings is 1. The molecule has 2 rings (SSSR count). The van der Waals surface area contributed by atoms with Crippen molar-refractivity contribution in [2.24, 2.45) is 0 Å². The summed E-state index contributed by atoms with van der Waals surface area (Å²) in [6.07, 6.45) is 0. The first-order chi connectivity index (χ1) is 9.81. The number of amides is 1. The number of hydrogen-bond donors (Lipinski definition) is 0. The minimum absolute atomic E-state index is 0.0129. The van der Waals surface area contributed by atoms with Gasteiger partial charge in [0.1, 0.15) is 5.02 Å². The van der Waals surface area contributed by atoms with Gasteiger partial charge in [-0.05, 0) is 33.0 Å². The Bertz CT molecular complexity index is 567. The summed E-state index contributed by atoms with van der Waals surface area (Å²) in [7, 11) is 2.04. The lowest BCUT2D eigenvalue weighted by molar-refractivity contribution is -0.384. The van der Waals surface area contributed by atoms with E-state index in [0.29, 0.717) is 18.7 Å². The lowest BCUT2D eigenvalue weighted by atomic mass is 10.1. The number of halogens is 1. The zero-order valence-corrected chi connectivity index (χ0v) is 13.0. The molecule has 0 saturated carbocycles. The van der Waals surface area contributed by atoms with E-state index in [1.165, 1.54) is 18.2 Å². The fourth-order valence-corrected chi connectivity index (χ4v) is 2.79.